The minimum Gasteiger partial charge on any atom is -0.309 e. The molecule has 9 heteroatoms. The maximum atomic E-state index is 5.50. The number of fused-ring (bicyclic) bond motifs is 28. The molecule has 0 atom stereocenters. The Bertz CT molecular complexity index is 10700. The van der Waals surface area contributed by atoms with Crippen LogP contribution in [-0.4, -0.2) is 42.8 Å². The molecule has 30 aromatic rings. The Morgan fingerprint density at radius 2 is 0.514 bits per heavy atom. The highest BCUT2D eigenvalue weighted by Gasteiger charge is 2.36. The van der Waals surface area contributed by atoms with E-state index < -0.39 is 0 Å². The topological polar surface area (TPSA) is 76.2 Å². The summed E-state index contributed by atoms with van der Waals surface area (Å²) in [5.41, 5.74) is 33.7. The van der Waals surface area contributed by atoms with Gasteiger partial charge < -0.3 is 22.8 Å². The van der Waals surface area contributed by atoms with Gasteiger partial charge in [-0.3, -0.25) is 0 Å². The number of hydrogen-bond donors (Lipinski definition) is 0. The molecule has 0 aliphatic heterocycles. The molecule has 0 saturated carbocycles. The van der Waals surface area contributed by atoms with Gasteiger partial charge >= 0.3 is 0 Å². The molecule has 7 aromatic heterocycles. The molecule has 0 unspecified atom stereocenters. The van der Waals surface area contributed by atoms with E-state index in [1.807, 2.05) is 18.2 Å². The van der Waals surface area contributed by atoms with E-state index in [0.29, 0.717) is 0 Å². The predicted octanol–water partition coefficient (Wildman–Crippen LogP) is 34.6. The highest BCUT2D eigenvalue weighted by Crippen LogP contribution is 2.53. The lowest BCUT2D eigenvalue weighted by Crippen LogP contribution is -2.15. The van der Waals surface area contributed by atoms with Crippen molar-refractivity contribution in [2.24, 2.45) is 0 Å². The van der Waals surface area contributed by atoms with E-state index in [9.17, 15) is 0 Å². The maximum absolute atomic E-state index is 5.50. The van der Waals surface area contributed by atoms with E-state index in [1.54, 1.807) is 0 Å². The molecule has 1 aliphatic rings. The summed E-state index contributed by atoms with van der Waals surface area (Å²) in [5, 5.41) is 26.8. The number of benzene rings is 23. The summed E-state index contributed by atoms with van der Waals surface area (Å²) in [6.45, 7) is 4.67. The van der Waals surface area contributed by atoms with Crippen molar-refractivity contribution in [2.45, 2.75) is 19.3 Å². The van der Waals surface area contributed by atoms with E-state index in [0.717, 1.165) is 134 Å². The zero-order valence-corrected chi connectivity index (χ0v) is 77.5. The first kappa shape index (κ1) is 79.5. The van der Waals surface area contributed by atoms with Crippen molar-refractivity contribution >= 4 is 196 Å². The standard InChI is InChI=1S/C68H41N5.C65H42N4/c1-2-17-46(18-3-1)71-59-27-13-8-22-51(59)53-34-31-44(41-64(53)71)67-68(70-58-26-12-11-25-57(58)69-67)54-35-37-62(50-21-7-6-20-49(50)54)73-60-28-14-9-23-52(60)56-39-45-38-47(33-30-43(45)40-65(56)73)72-61-29-15-10-24-55(61)66-48-19-5-4-16-42(48)32-36-63(66)72;1-65(2)53-22-10-7-18-46(53)47-31-28-41(37-54(47)65)63-64(67-56-24-12-11-23-55(56)66-63)50-32-34-59(48-19-6-5-17-45(48)50)69-57-25-13-8-20-49(57)52-36-42-35-43(30-27-40(42)38-61(52)69)68-58-26-14-9-21-51(58)62-44-16-4-3-15-39(44)29-33-60(62)68/h1-41H;3-38H,1-2H3. The average Bonchev–Trinajstić information content (AvgIpc) is 1.54. The van der Waals surface area contributed by atoms with Crippen LogP contribution in [-0.2, 0) is 5.41 Å². The van der Waals surface area contributed by atoms with Gasteiger partial charge in [-0.05, 0) is 240 Å². The van der Waals surface area contributed by atoms with E-state index in [1.165, 1.54) is 158 Å². The Kier molecular flexibility index (Phi) is 17.2. The lowest BCUT2D eigenvalue weighted by Gasteiger charge is -2.22. The first-order valence-electron chi connectivity index (χ1n) is 48.9. The van der Waals surface area contributed by atoms with Crippen LogP contribution in [0.15, 0.2) is 467 Å². The quantitative estimate of drug-likeness (QED) is 0.144. The molecule has 9 nitrogen and oxygen atoms in total. The summed E-state index contributed by atoms with van der Waals surface area (Å²) < 4.78 is 12.2. The van der Waals surface area contributed by atoms with Crippen LogP contribution in [0, 0.1) is 0 Å². The highest BCUT2D eigenvalue weighted by molar-refractivity contribution is 6.25. The Morgan fingerprint density at radius 1 is 0.169 bits per heavy atom. The van der Waals surface area contributed by atoms with Gasteiger partial charge in [0.05, 0.1) is 111 Å². The van der Waals surface area contributed by atoms with Gasteiger partial charge in [0.15, 0.2) is 0 Å². The van der Waals surface area contributed by atoms with Gasteiger partial charge in [-0.15, -0.1) is 0 Å². The van der Waals surface area contributed by atoms with Crippen molar-refractivity contribution < 1.29 is 0 Å². The fourth-order valence-corrected chi connectivity index (χ4v) is 24.2. The van der Waals surface area contributed by atoms with E-state index in [4.69, 9.17) is 19.9 Å². The average molecular weight is 1810 g/mol. The van der Waals surface area contributed by atoms with E-state index in [2.05, 4.69) is 486 Å². The summed E-state index contributed by atoms with van der Waals surface area (Å²) in [4.78, 5) is 21.9. The third-order valence-electron chi connectivity index (χ3n) is 30.6. The van der Waals surface area contributed by atoms with Crippen LogP contribution in [0.2, 0.25) is 0 Å². The van der Waals surface area contributed by atoms with Crippen LogP contribution in [0.5, 0.6) is 0 Å². The first-order valence-corrected chi connectivity index (χ1v) is 48.9. The highest BCUT2D eigenvalue weighted by atomic mass is 15.0. The van der Waals surface area contributed by atoms with Gasteiger partial charge in [-0.25, -0.2) is 19.9 Å². The van der Waals surface area contributed by atoms with Gasteiger partial charge in [-0.1, -0.05) is 317 Å². The molecule has 142 heavy (non-hydrogen) atoms. The second-order valence-electron chi connectivity index (χ2n) is 38.6. The monoisotopic (exact) mass is 1810 g/mol. The van der Waals surface area contributed by atoms with E-state index in [-0.39, 0.29) is 5.41 Å². The van der Waals surface area contributed by atoms with Gasteiger partial charge in [-0.2, -0.15) is 0 Å². The minimum atomic E-state index is -0.140. The van der Waals surface area contributed by atoms with Crippen molar-refractivity contribution in [3.05, 3.63) is 478 Å². The molecule has 0 fully saturated rings. The van der Waals surface area contributed by atoms with Crippen molar-refractivity contribution in [1.82, 2.24) is 42.8 Å². The van der Waals surface area contributed by atoms with Crippen LogP contribution in [0.1, 0.15) is 25.0 Å². The lowest BCUT2D eigenvalue weighted by molar-refractivity contribution is 0.660. The summed E-state index contributed by atoms with van der Waals surface area (Å²) >= 11 is 0. The molecule has 0 N–H and O–H groups in total. The fourth-order valence-electron chi connectivity index (χ4n) is 24.2. The summed E-state index contributed by atoms with van der Waals surface area (Å²) in [6.07, 6.45) is 0. The maximum Gasteiger partial charge on any atom is 0.0979 e. The Morgan fingerprint density at radius 3 is 1.01 bits per heavy atom. The molecule has 7 heterocycles. The third-order valence-corrected chi connectivity index (χ3v) is 30.6. The van der Waals surface area contributed by atoms with Crippen LogP contribution >= 0.6 is 0 Å². The van der Waals surface area contributed by atoms with Crippen molar-refractivity contribution in [2.75, 3.05) is 0 Å². The number of rotatable bonds is 9. The normalized spacial score (nSPS) is 12.6. The van der Waals surface area contributed by atoms with Gasteiger partial charge in [0.25, 0.3) is 0 Å². The molecule has 0 spiro atoms. The molecule has 1 aliphatic carbocycles. The van der Waals surface area contributed by atoms with Crippen molar-refractivity contribution in [3.8, 4) is 84.6 Å². The zero-order chi connectivity index (χ0) is 93.3. The second-order valence-corrected chi connectivity index (χ2v) is 38.6. The number of nitrogens with zero attached hydrogens (tertiary/aromatic N) is 9. The molecule has 31 rings (SSSR count). The largest absolute Gasteiger partial charge is 0.309 e. The Labute approximate surface area is 814 Å². The number of aromatic nitrogens is 9. The van der Waals surface area contributed by atoms with Gasteiger partial charge in [0.1, 0.15) is 0 Å². The molecular weight excluding hydrogens is 1720 g/mol. The number of hydrogen-bond acceptors (Lipinski definition) is 4. The predicted molar refractivity (Wildman–Crippen MR) is 595 cm³/mol. The van der Waals surface area contributed by atoms with Crippen molar-refractivity contribution in [1.29, 1.82) is 0 Å². The first-order chi connectivity index (χ1) is 70.2. The Balaban J connectivity index is 0.000000133. The summed E-state index contributed by atoms with van der Waals surface area (Å²) in [6, 6.07) is 170. The van der Waals surface area contributed by atoms with Crippen LogP contribution in [0.3, 0.4) is 0 Å². The molecule has 23 aromatic carbocycles. The van der Waals surface area contributed by atoms with Crippen LogP contribution in [0.25, 0.3) is 280 Å². The molecule has 0 bridgehead atoms. The molecule has 0 amide bonds. The molecule has 660 valence electrons. The van der Waals surface area contributed by atoms with Gasteiger partial charge in [0, 0.05) is 109 Å². The van der Waals surface area contributed by atoms with Crippen molar-refractivity contribution in [3.63, 3.8) is 0 Å². The summed E-state index contributed by atoms with van der Waals surface area (Å²) in [5.74, 6) is 0. The fraction of sp³-hybridized carbons (Fsp3) is 0.0226. The smallest absolute Gasteiger partial charge is 0.0979 e. The molecular formula is C133H83N9. The molecule has 0 saturated heterocycles. The minimum absolute atomic E-state index is 0.140. The second kappa shape index (κ2) is 30.7. The lowest BCUT2D eigenvalue weighted by atomic mass is 9.81. The Hall–Kier alpha value is -18.7. The number of para-hydroxylation sites is 10. The molecule has 0 radical (unpaired) electrons. The SMILES string of the molecule is CC1(C)c2ccccc2-c2ccc(-c3nc4ccccc4nc3-c3ccc(-n4c5ccccc5c5cc6cc(-n7c8ccccc8c8c9ccccc9ccc87)ccc6cc54)c4ccccc34)cc21.c1ccc(-n2c3ccccc3c3ccc(-c4nc5ccccc5nc4-c4ccc(-n5c6ccccc6c6cc7cc(-n8c9ccccc9c9c%10ccccc%10ccc98)ccc7cc65)c5ccccc45)cc32)cc1. The third kappa shape index (κ3) is 11.8. The summed E-state index contributed by atoms with van der Waals surface area (Å²) in [7, 11) is 0. The zero-order valence-electron chi connectivity index (χ0n) is 77.5. The van der Waals surface area contributed by atoms with Gasteiger partial charge in [0.2, 0.25) is 0 Å². The van der Waals surface area contributed by atoms with Crippen LogP contribution < -0.4 is 0 Å². The van der Waals surface area contributed by atoms with E-state index >= 15 is 0 Å². The van der Waals surface area contributed by atoms with Crippen LogP contribution in [0.4, 0.5) is 0 Å².